The Morgan fingerprint density at radius 1 is 1.24 bits per heavy atom. The van der Waals surface area contributed by atoms with Gasteiger partial charge in [-0.25, -0.2) is 0 Å². The van der Waals surface area contributed by atoms with E-state index in [4.69, 9.17) is 4.74 Å². The summed E-state index contributed by atoms with van der Waals surface area (Å²) in [5.41, 5.74) is 0.325. The van der Waals surface area contributed by atoms with Crippen LogP contribution in [-0.4, -0.2) is 73.4 Å². The molecular weight excluding hydrogens is 262 g/mol. The van der Waals surface area contributed by atoms with Crippen molar-refractivity contribution >= 4 is 0 Å². The normalized spacial score (nSPS) is 39.4. The van der Waals surface area contributed by atoms with Crippen LogP contribution in [0, 0.1) is 5.41 Å². The molecule has 4 nitrogen and oxygen atoms in total. The summed E-state index contributed by atoms with van der Waals surface area (Å²) in [5.74, 6) is 0. The average molecular weight is 295 g/mol. The Labute approximate surface area is 130 Å². The van der Waals surface area contributed by atoms with Gasteiger partial charge in [0.05, 0.1) is 12.7 Å². The van der Waals surface area contributed by atoms with E-state index in [1.807, 2.05) is 0 Å². The standard InChI is InChI=1S/C17H33N3O/c1-13-8-18-16(17(2,3)4)11-20(13)10-15-9-19-7-5-6-14(19)12-21-15/h13-16,18H,5-12H2,1-4H3. The van der Waals surface area contributed by atoms with Gasteiger partial charge < -0.3 is 10.1 Å². The molecule has 0 amide bonds. The molecule has 4 heteroatoms. The number of hydrogen-bond acceptors (Lipinski definition) is 4. The van der Waals surface area contributed by atoms with Crippen molar-refractivity contribution in [3.63, 3.8) is 0 Å². The zero-order valence-electron chi connectivity index (χ0n) is 14.3. The highest BCUT2D eigenvalue weighted by atomic mass is 16.5. The van der Waals surface area contributed by atoms with Crippen LogP contribution in [0.1, 0.15) is 40.5 Å². The highest BCUT2D eigenvalue weighted by molar-refractivity contribution is 4.93. The molecule has 0 aromatic carbocycles. The lowest BCUT2D eigenvalue weighted by molar-refractivity contribution is -0.0703. The van der Waals surface area contributed by atoms with Crippen molar-refractivity contribution in [2.45, 2.75) is 64.8 Å². The third kappa shape index (κ3) is 3.61. The molecule has 3 rings (SSSR count). The van der Waals surface area contributed by atoms with E-state index >= 15 is 0 Å². The molecule has 0 aromatic rings. The minimum Gasteiger partial charge on any atom is -0.374 e. The van der Waals surface area contributed by atoms with Gasteiger partial charge in [-0.05, 0) is 31.7 Å². The van der Waals surface area contributed by atoms with Crippen molar-refractivity contribution in [1.29, 1.82) is 0 Å². The largest absolute Gasteiger partial charge is 0.374 e. The van der Waals surface area contributed by atoms with Gasteiger partial charge in [-0.3, -0.25) is 9.80 Å². The first-order valence-electron chi connectivity index (χ1n) is 8.76. The predicted molar refractivity (Wildman–Crippen MR) is 86.6 cm³/mol. The fraction of sp³-hybridized carbons (Fsp3) is 1.00. The van der Waals surface area contributed by atoms with E-state index in [0.717, 1.165) is 32.8 Å². The molecule has 21 heavy (non-hydrogen) atoms. The van der Waals surface area contributed by atoms with Crippen molar-refractivity contribution in [2.24, 2.45) is 5.41 Å². The monoisotopic (exact) mass is 295 g/mol. The summed E-state index contributed by atoms with van der Waals surface area (Å²) >= 11 is 0. The van der Waals surface area contributed by atoms with Crippen LogP contribution in [0.4, 0.5) is 0 Å². The van der Waals surface area contributed by atoms with Crippen LogP contribution < -0.4 is 5.32 Å². The number of rotatable bonds is 2. The Bertz CT molecular complexity index is 354. The summed E-state index contributed by atoms with van der Waals surface area (Å²) in [4.78, 5) is 5.30. The second-order valence-electron chi connectivity index (χ2n) is 8.38. The number of piperazine rings is 1. The zero-order valence-corrected chi connectivity index (χ0v) is 14.3. The van der Waals surface area contributed by atoms with Crippen molar-refractivity contribution in [1.82, 2.24) is 15.1 Å². The number of morpholine rings is 1. The smallest absolute Gasteiger partial charge is 0.0829 e. The maximum absolute atomic E-state index is 6.16. The third-order valence-corrected chi connectivity index (χ3v) is 5.65. The first kappa shape index (κ1) is 15.7. The highest BCUT2D eigenvalue weighted by Crippen LogP contribution is 2.26. The van der Waals surface area contributed by atoms with Gasteiger partial charge in [-0.15, -0.1) is 0 Å². The fourth-order valence-corrected chi connectivity index (χ4v) is 4.01. The van der Waals surface area contributed by atoms with E-state index in [2.05, 4.69) is 42.8 Å². The maximum Gasteiger partial charge on any atom is 0.0829 e. The highest BCUT2D eigenvalue weighted by Gasteiger charge is 2.36. The third-order valence-electron chi connectivity index (χ3n) is 5.65. The second-order valence-corrected chi connectivity index (χ2v) is 8.38. The van der Waals surface area contributed by atoms with E-state index < -0.39 is 0 Å². The van der Waals surface area contributed by atoms with Crippen LogP contribution in [0.5, 0.6) is 0 Å². The summed E-state index contributed by atoms with van der Waals surface area (Å²) in [5, 5.41) is 3.72. The molecule has 0 spiro atoms. The lowest BCUT2D eigenvalue weighted by atomic mass is 9.84. The first-order chi connectivity index (χ1) is 9.93. The van der Waals surface area contributed by atoms with E-state index in [0.29, 0.717) is 29.6 Å². The molecule has 0 aromatic heterocycles. The molecule has 122 valence electrons. The first-order valence-corrected chi connectivity index (χ1v) is 8.76. The van der Waals surface area contributed by atoms with E-state index in [9.17, 15) is 0 Å². The van der Waals surface area contributed by atoms with Crippen LogP contribution in [0.15, 0.2) is 0 Å². The number of nitrogens with one attached hydrogen (secondary N) is 1. The lowest BCUT2D eigenvalue weighted by Crippen LogP contribution is -2.61. The summed E-state index contributed by atoms with van der Waals surface area (Å²) in [7, 11) is 0. The minimum absolute atomic E-state index is 0.325. The molecule has 4 unspecified atom stereocenters. The molecule has 0 radical (unpaired) electrons. The van der Waals surface area contributed by atoms with E-state index in [-0.39, 0.29) is 0 Å². The summed E-state index contributed by atoms with van der Waals surface area (Å²) in [6, 6.07) is 1.91. The predicted octanol–water partition coefficient (Wildman–Crippen LogP) is 1.56. The molecule has 3 fully saturated rings. The molecule has 0 aliphatic carbocycles. The SMILES string of the molecule is CC1CNC(C(C)(C)C)CN1CC1CN2CCCC2CO1. The van der Waals surface area contributed by atoms with Crippen LogP contribution in [-0.2, 0) is 4.74 Å². The minimum atomic E-state index is 0.325. The van der Waals surface area contributed by atoms with E-state index in [1.165, 1.54) is 19.4 Å². The molecule has 3 aliphatic rings. The molecule has 4 atom stereocenters. The lowest BCUT2D eigenvalue weighted by Gasteiger charge is -2.46. The topological polar surface area (TPSA) is 27.7 Å². The van der Waals surface area contributed by atoms with Crippen molar-refractivity contribution in [2.75, 3.05) is 39.3 Å². The van der Waals surface area contributed by atoms with Gasteiger partial charge in [0.2, 0.25) is 0 Å². The Morgan fingerprint density at radius 2 is 2.05 bits per heavy atom. The van der Waals surface area contributed by atoms with Gasteiger partial charge in [0.25, 0.3) is 0 Å². The van der Waals surface area contributed by atoms with Crippen molar-refractivity contribution in [3.05, 3.63) is 0 Å². The Hall–Kier alpha value is -0.160. The summed E-state index contributed by atoms with van der Waals surface area (Å²) in [6.45, 7) is 16.1. The maximum atomic E-state index is 6.16. The van der Waals surface area contributed by atoms with Gasteiger partial charge >= 0.3 is 0 Å². The number of ether oxygens (including phenoxy) is 1. The van der Waals surface area contributed by atoms with Crippen LogP contribution >= 0.6 is 0 Å². The molecule has 3 saturated heterocycles. The van der Waals surface area contributed by atoms with Crippen molar-refractivity contribution < 1.29 is 4.74 Å². The summed E-state index contributed by atoms with van der Waals surface area (Å²) < 4.78 is 6.16. The average Bonchev–Trinajstić information content (AvgIpc) is 2.87. The fourth-order valence-electron chi connectivity index (χ4n) is 4.01. The summed E-state index contributed by atoms with van der Waals surface area (Å²) in [6.07, 6.45) is 3.10. The Kier molecular flexibility index (Phi) is 4.60. The zero-order chi connectivity index (χ0) is 15.0. The number of fused-ring (bicyclic) bond motifs is 1. The Balaban J connectivity index is 1.55. The van der Waals surface area contributed by atoms with E-state index in [1.54, 1.807) is 0 Å². The molecule has 0 bridgehead atoms. The molecular formula is C17H33N3O. The molecule has 3 aliphatic heterocycles. The molecule has 3 heterocycles. The van der Waals surface area contributed by atoms with Gasteiger partial charge in [0.1, 0.15) is 0 Å². The molecule has 0 saturated carbocycles. The number of nitrogens with zero attached hydrogens (tertiary/aromatic N) is 2. The van der Waals surface area contributed by atoms with Gasteiger partial charge in [0.15, 0.2) is 0 Å². The van der Waals surface area contributed by atoms with Gasteiger partial charge in [-0.1, -0.05) is 20.8 Å². The second kappa shape index (κ2) is 6.15. The molecule has 1 N–H and O–H groups in total. The Morgan fingerprint density at radius 3 is 2.81 bits per heavy atom. The van der Waals surface area contributed by atoms with Crippen molar-refractivity contribution in [3.8, 4) is 0 Å². The van der Waals surface area contributed by atoms with Gasteiger partial charge in [-0.2, -0.15) is 0 Å². The van der Waals surface area contributed by atoms with Crippen LogP contribution in [0.2, 0.25) is 0 Å². The van der Waals surface area contributed by atoms with Gasteiger partial charge in [0, 0.05) is 44.3 Å². The van der Waals surface area contributed by atoms with Crippen LogP contribution in [0.3, 0.4) is 0 Å². The van der Waals surface area contributed by atoms with Crippen LogP contribution in [0.25, 0.3) is 0 Å². The number of hydrogen-bond donors (Lipinski definition) is 1. The quantitative estimate of drug-likeness (QED) is 0.837.